The van der Waals surface area contributed by atoms with E-state index in [4.69, 9.17) is 0 Å². The summed E-state index contributed by atoms with van der Waals surface area (Å²) in [4.78, 5) is 0. The summed E-state index contributed by atoms with van der Waals surface area (Å²) in [5, 5.41) is -27.5. The predicted molar refractivity (Wildman–Crippen MR) is 257 cm³/mol. The van der Waals surface area contributed by atoms with E-state index in [-0.39, 0.29) is 0 Å². The Morgan fingerprint density at radius 2 is 0.378 bits per heavy atom. The van der Waals surface area contributed by atoms with E-state index in [9.17, 15) is 39.5 Å². The van der Waals surface area contributed by atoms with Gasteiger partial charge in [0.2, 0.25) is 29.1 Å². The second-order valence-electron chi connectivity index (χ2n) is 19.4. The summed E-state index contributed by atoms with van der Waals surface area (Å²) >= 11 is 0. The van der Waals surface area contributed by atoms with E-state index < -0.39 is 276 Å². The average Bonchev–Trinajstić information content (AvgIpc) is 0.663. The molecule has 0 radical (unpaired) electrons. The fourth-order valence-electron chi connectivity index (χ4n) is 10.9. The van der Waals surface area contributed by atoms with Gasteiger partial charge in [0.15, 0.2) is 145 Å². The van der Waals surface area contributed by atoms with E-state index in [2.05, 4.69) is 0 Å². The fourth-order valence-corrected chi connectivity index (χ4v) is 13.8. The molecule has 0 aliphatic rings. The fraction of sp³-hybridized carbons (Fsp3) is 0.164. The van der Waals surface area contributed by atoms with Gasteiger partial charge in [-0.1, -0.05) is 26.7 Å². The molecule has 0 saturated heterocycles. The minimum absolute atomic E-state index is 0.509. The summed E-state index contributed by atoms with van der Waals surface area (Å²) < 4.78 is 514. The Hall–Kier alpha value is -7.80. The van der Waals surface area contributed by atoms with Crippen LogP contribution >= 0.6 is 7.92 Å². The Morgan fingerprint density at radius 3 is 0.589 bits per heavy atom. The van der Waals surface area contributed by atoms with E-state index in [1.54, 1.807) is 0 Å². The molecule has 0 bridgehead atoms. The summed E-state index contributed by atoms with van der Waals surface area (Å²) in [6, 6.07) is 0. The van der Waals surface area contributed by atoms with E-state index >= 15 is 105 Å². The third-order valence-corrected chi connectivity index (χ3v) is 17.9. The molecule has 1 unspecified atom stereocenters. The zero-order chi connectivity index (χ0) is 67.6. The zero-order valence-electron chi connectivity index (χ0n) is 43.5. The molecule has 0 aliphatic carbocycles. The lowest BCUT2D eigenvalue weighted by atomic mass is 9.11. The predicted octanol–water partition coefficient (Wildman–Crippen LogP) is 16.8. The normalized spacial score (nSPS) is 12.4. The highest BCUT2D eigenvalue weighted by Crippen LogP contribution is 2.43. The van der Waals surface area contributed by atoms with E-state index in [0.717, 1.165) is 25.7 Å². The van der Waals surface area contributed by atoms with Crippen LogP contribution in [0.3, 0.4) is 0 Å². The van der Waals surface area contributed by atoms with Crippen molar-refractivity contribution in [2.75, 3.05) is 12.3 Å². The van der Waals surface area contributed by atoms with Gasteiger partial charge in [-0.15, -0.1) is 21.9 Å². The highest BCUT2D eigenvalue weighted by molar-refractivity contribution is 7.65. The molecule has 480 valence electrons. The molecule has 0 spiro atoms. The summed E-state index contributed by atoms with van der Waals surface area (Å²) in [7, 11) is -1.77. The molecular formula is C55H21BF33P. The third-order valence-electron chi connectivity index (χ3n) is 14.7. The van der Waals surface area contributed by atoms with Crippen molar-refractivity contribution in [3.8, 4) is 0 Å². The molecule has 0 nitrogen and oxygen atoms in total. The first-order valence-corrected chi connectivity index (χ1v) is 26.7. The molecule has 9 aromatic rings. The minimum Gasteiger partial charge on any atom is -0.207 e. The standard InChI is InChI=1S/C40BF28.C15H20F5P/c42-13-1-5(21(50)37(66)33(13)62)17(46)29(58)25(54)9(1)41(10-2-6(18(47)30(59)26(10)55)22(51)38(67)34(63)14(2)43,11-3-7(19(48)31(60)27(11)56)23(52)39(68)35(64)15(3)44)12-4-8(20(49)32(61)28(12)57)24(53)40(69)36(65)16(4)45;1-3-5-6-7-9-21(8-4-2)15-13(19)11(17)10(16)12(18)14(15)20/h;3-9H2,1-2H3/q-1;/p+1. The van der Waals surface area contributed by atoms with Crippen LogP contribution in [-0.2, 0) is 0 Å². The number of rotatable bonds is 12. The Balaban J connectivity index is 0.000000423. The Bertz CT molecular complexity index is 4050. The maximum atomic E-state index is 17.3. The number of halogens is 33. The SMILES string of the molecule is CCCCCC[PH+](CCC)c1c(F)c(F)c(F)c(F)c1F.Fc1c(F)c(F)c2c([B-](c3c(F)c(F)c(F)c4c(F)c(F)c(F)c(F)c34)(c3c(F)c(F)c(F)c4c(F)c(F)c(F)c(F)c34)c3c(F)c(F)c(F)c4c(F)c(F)c(F)c(F)c34)c(F)c(F)c(F)c2c1F. The van der Waals surface area contributed by atoms with Crippen molar-refractivity contribution in [3.63, 3.8) is 0 Å². The van der Waals surface area contributed by atoms with Crippen LogP contribution in [0.5, 0.6) is 0 Å². The van der Waals surface area contributed by atoms with Crippen molar-refractivity contribution in [1.29, 1.82) is 0 Å². The summed E-state index contributed by atoms with van der Waals surface area (Å²) in [5.74, 6) is -113. The second kappa shape index (κ2) is 24.4. The van der Waals surface area contributed by atoms with Gasteiger partial charge in [-0.05, 0) is 40.8 Å². The molecule has 9 rings (SSSR count). The van der Waals surface area contributed by atoms with Gasteiger partial charge in [-0.3, -0.25) is 0 Å². The number of unbranched alkanes of at least 4 members (excludes halogenated alkanes) is 3. The van der Waals surface area contributed by atoms with E-state index in [1.807, 2.05) is 13.8 Å². The van der Waals surface area contributed by atoms with Crippen LogP contribution in [0, 0.1) is 192 Å². The maximum Gasteiger partial charge on any atom is 0.206 e. The third kappa shape index (κ3) is 9.58. The summed E-state index contributed by atoms with van der Waals surface area (Å²) in [6.45, 7) is 3.89. The van der Waals surface area contributed by atoms with Crippen LogP contribution in [0.4, 0.5) is 145 Å². The minimum atomic E-state index is -8.05. The van der Waals surface area contributed by atoms with Gasteiger partial charge < -0.3 is 0 Å². The number of benzene rings is 9. The number of fused-ring (bicyclic) bond motifs is 4. The van der Waals surface area contributed by atoms with Crippen LogP contribution in [0.1, 0.15) is 46.0 Å². The highest BCUT2D eigenvalue weighted by Gasteiger charge is 2.52. The van der Waals surface area contributed by atoms with Gasteiger partial charge in [0.1, 0.15) is 29.4 Å². The molecule has 0 fully saturated rings. The molecular weight excluding hydrogens is 1330 g/mol. The Labute approximate surface area is 478 Å². The quantitative estimate of drug-likeness (QED) is 0.0286. The van der Waals surface area contributed by atoms with Crippen molar-refractivity contribution in [3.05, 3.63) is 192 Å². The lowest BCUT2D eigenvalue weighted by Gasteiger charge is -2.47. The molecule has 9 aromatic carbocycles. The molecule has 90 heavy (non-hydrogen) atoms. The summed E-state index contributed by atoms with van der Waals surface area (Å²) in [6.07, 6.45) is -2.61. The Kier molecular flexibility index (Phi) is 18.5. The molecule has 0 saturated carbocycles. The smallest absolute Gasteiger partial charge is 0.206 e. The second-order valence-corrected chi connectivity index (χ2v) is 22.1. The van der Waals surface area contributed by atoms with Crippen molar-refractivity contribution >= 4 is 84.3 Å². The van der Waals surface area contributed by atoms with E-state index in [1.165, 1.54) is 0 Å². The van der Waals surface area contributed by atoms with Gasteiger partial charge in [-0.2, -0.15) is 8.78 Å². The first kappa shape index (κ1) is 68.1. The first-order valence-electron chi connectivity index (χ1n) is 24.8. The molecule has 0 aliphatic heterocycles. The van der Waals surface area contributed by atoms with E-state index in [0.29, 0.717) is 18.7 Å². The van der Waals surface area contributed by atoms with Gasteiger partial charge in [0, 0.05) is 7.92 Å². The van der Waals surface area contributed by atoms with Crippen LogP contribution in [0.25, 0.3) is 43.1 Å². The van der Waals surface area contributed by atoms with Crippen LogP contribution in [0.15, 0.2) is 0 Å². The molecule has 0 N–H and O–H groups in total. The lowest BCUT2D eigenvalue weighted by Crippen LogP contribution is -2.79. The van der Waals surface area contributed by atoms with Gasteiger partial charge >= 0.3 is 0 Å². The van der Waals surface area contributed by atoms with Crippen LogP contribution in [0.2, 0.25) is 0 Å². The zero-order valence-corrected chi connectivity index (χ0v) is 44.5. The molecule has 35 heteroatoms. The van der Waals surface area contributed by atoms with Gasteiger partial charge in [-0.25, -0.2) is 136 Å². The summed E-state index contributed by atoms with van der Waals surface area (Å²) in [5.41, 5.74) is -15.5. The maximum absolute atomic E-state index is 17.3. The molecule has 0 heterocycles. The van der Waals surface area contributed by atoms with Gasteiger partial charge in [0.25, 0.3) is 0 Å². The lowest BCUT2D eigenvalue weighted by molar-refractivity contribution is 0.384. The van der Waals surface area contributed by atoms with Crippen LogP contribution < -0.4 is 27.2 Å². The molecule has 0 amide bonds. The first-order chi connectivity index (χ1) is 41.9. The topological polar surface area (TPSA) is 0 Å². The van der Waals surface area contributed by atoms with Crippen molar-refractivity contribution in [2.24, 2.45) is 0 Å². The largest absolute Gasteiger partial charge is 0.207 e. The van der Waals surface area contributed by atoms with Crippen molar-refractivity contribution < 1.29 is 145 Å². The monoisotopic (exact) mass is 1350 g/mol. The highest BCUT2D eigenvalue weighted by atomic mass is 31.1. The van der Waals surface area contributed by atoms with Gasteiger partial charge in [0.05, 0.1) is 33.9 Å². The Morgan fingerprint density at radius 1 is 0.189 bits per heavy atom. The average molecular weight is 1350 g/mol. The van der Waals surface area contributed by atoms with Crippen molar-refractivity contribution in [1.82, 2.24) is 0 Å². The molecule has 1 atom stereocenters. The number of hydrogen-bond donors (Lipinski definition) is 0. The van der Waals surface area contributed by atoms with Crippen molar-refractivity contribution in [2.45, 2.75) is 46.0 Å². The van der Waals surface area contributed by atoms with Crippen LogP contribution in [-0.4, -0.2) is 18.5 Å². The number of hydrogen-bond acceptors (Lipinski definition) is 0. The molecule has 0 aromatic heterocycles.